The van der Waals surface area contributed by atoms with E-state index in [0.717, 1.165) is 4.68 Å². The molecule has 0 amide bonds. The number of hydrogen-bond acceptors (Lipinski definition) is 3. The van der Waals surface area contributed by atoms with E-state index in [4.69, 9.17) is 16.8 Å². The Hall–Kier alpha value is -0.790. The van der Waals surface area contributed by atoms with Crippen LogP contribution in [0.15, 0.2) is 0 Å². The van der Waals surface area contributed by atoms with Gasteiger partial charge in [-0.25, -0.2) is 0 Å². The van der Waals surface area contributed by atoms with Crippen LogP contribution in [0.3, 0.4) is 0 Å². The molecule has 1 rings (SSSR count). The van der Waals surface area contributed by atoms with Gasteiger partial charge in [-0.3, -0.25) is 4.68 Å². The number of aryl methyl sites for hydroxylation is 1. The zero-order valence-corrected chi connectivity index (χ0v) is 8.76. The Bertz CT molecular complexity index is 361. The van der Waals surface area contributed by atoms with Crippen molar-refractivity contribution in [1.29, 1.82) is 0 Å². The maximum atomic E-state index is 12.5. The van der Waals surface area contributed by atoms with E-state index in [1.54, 1.807) is 0 Å². The molecule has 1 heterocycles. The van der Waals surface area contributed by atoms with Crippen molar-refractivity contribution in [1.82, 2.24) is 14.8 Å². The summed E-state index contributed by atoms with van der Waals surface area (Å²) in [5.41, 5.74) is -1.31. The van der Waals surface area contributed by atoms with E-state index in [1.807, 2.05) is 0 Å². The quantitative estimate of drug-likeness (QED) is 0.807. The van der Waals surface area contributed by atoms with Crippen molar-refractivity contribution in [3.63, 3.8) is 0 Å². The summed E-state index contributed by atoms with van der Waals surface area (Å²) in [6, 6.07) is 0. The van der Waals surface area contributed by atoms with Gasteiger partial charge in [-0.05, 0) is 0 Å². The highest BCUT2D eigenvalue weighted by Gasteiger charge is 2.38. The maximum absolute atomic E-state index is 12.5. The first-order chi connectivity index (χ1) is 6.73. The highest BCUT2D eigenvalue weighted by molar-refractivity contribution is 6.30. The van der Waals surface area contributed by atoms with Crippen molar-refractivity contribution in [3.05, 3.63) is 16.4 Å². The highest BCUT2D eigenvalue weighted by atomic mass is 35.5. The highest BCUT2D eigenvalue weighted by Crippen LogP contribution is 2.34. The van der Waals surface area contributed by atoms with Crippen molar-refractivity contribution in [2.75, 3.05) is 7.05 Å². The van der Waals surface area contributed by atoms with Gasteiger partial charge in [0.1, 0.15) is 5.15 Å². The van der Waals surface area contributed by atoms with E-state index in [2.05, 4.69) is 5.10 Å². The number of rotatable bonds is 2. The molecule has 1 aromatic rings. The number of hydroxylamine groups is 2. The second-order valence-corrected chi connectivity index (χ2v) is 3.41. The molecular formula is C7H9ClF3N3O. The predicted molar refractivity (Wildman–Crippen MR) is 46.5 cm³/mol. The van der Waals surface area contributed by atoms with Crippen LogP contribution < -0.4 is 0 Å². The average molecular weight is 244 g/mol. The van der Waals surface area contributed by atoms with Crippen LogP contribution in [0.25, 0.3) is 0 Å². The van der Waals surface area contributed by atoms with E-state index in [0.29, 0.717) is 5.06 Å². The summed E-state index contributed by atoms with van der Waals surface area (Å²) in [6.07, 6.45) is -4.57. The van der Waals surface area contributed by atoms with Gasteiger partial charge >= 0.3 is 6.18 Å². The summed E-state index contributed by atoms with van der Waals surface area (Å²) in [7, 11) is 2.53. The molecule has 0 aliphatic rings. The molecule has 0 aliphatic carbocycles. The molecule has 0 aliphatic heterocycles. The SMILES string of the molecule is CN(O)Cc1c(C(F)(F)F)nn(C)c1Cl. The van der Waals surface area contributed by atoms with Gasteiger partial charge in [-0.15, -0.1) is 0 Å². The predicted octanol–water partition coefficient (Wildman–Crippen LogP) is 1.91. The normalized spacial score (nSPS) is 12.5. The Morgan fingerprint density at radius 1 is 1.53 bits per heavy atom. The molecule has 0 unspecified atom stereocenters. The third kappa shape index (κ3) is 2.61. The molecule has 0 bridgehead atoms. The number of halogens is 4. The molecule has 4 nitrogen and oxygen atoms in total. The minimum absolute atomic E-state index is 0.136. The van der Waals surface area contributed by atoms with Gasteiger partial charge in [0.05, 0.1) is 6.54 Å². The van der Waals surface area contributed by atoms with Crippen LogP contribution in [-0.2, 0) is 19.8 Å². The van der Waals surface area contributed by atoms with Crippen molar-refractivity contribution in [2.45, 2.75) is 12.7 Å². The summed E-state index contributed by atoms with van der Waals surface area (Å²) in [5.74, 6) is 0. The molecule has 0 saturated carbocycles. The smallest absolute Gasteiger partial charge is 0.314 e. The van der Waals surface area contributed by atoms with Crippen LogP contribution in [0.4, 0.5) is 13.2 Å². The molecule has 0 radical (unpaired) electrons. The fourth-order valence-corrected chi connectivity index (χ4v) is 1.33. The van der Waals surface area contributed by atoms with E-state index in [9.17, 15) is 13.2 Å². The lowest BCUT2D eigenvalue weighted by Crippen LogP contribution is -2.16. The average Bonchev–Trinajstić information content (AvgIpc) is 2.30. The monoisotopic (exact) mass is 243 g/mol. The summed E-state index contributed by atoms with van der Waals surface area (Å²) >= 11 is 5.63. The lowest BCUT2D eigenvalue weighted by molar-refractivity contribution is -0.143. The molecule has 15 heavy (non-hydrogen) atoms. The molecule has 0 fully saturated rings. The van der Waals surface area contributed by atoms with E-state index >= 15 is 0 Å². The summed E-state index contributed by atoms with van der Waals surface area (Å²) in [4.78, 5) is 0. The van der Waals surface area contributed by atoms with Gasteiger partial charge in [-0.2, -0.15) is 23.3 Å². The van der Waals surface area contributed by atoms with E-state index in [-0.39, 0.29) is 17.3 Å². The molecular weight excluding hydrogens is 235 g/mol. The minimum atomic E-state index is -4.57. The molecule has 1 N–H and O–H groups in total. The second-order valence-electron chi connectivity index (χ2n) is 3.06. The van der Waals surface area contributed by atoms with Gasteiger partial charge in [0.2, 0.25) is 0 Å². The summed E-state index contributed by atoms with van der Waals surface area (Å²) in [6.45, 7) is -0.332. The Kier molecular flexibility index (Phi) is 3.27. The number of alkyl halides is 3. The van der Waals surface area contributed by atoms with Gasteiger partial charge in [0.15, 0.2) is 5.69 Å². The first-order valence-electron chi connectivity index (χ1n) is 3.92. The lowest BCUT2D eigenvalue weighted by Gasteiger charge is -2.09. The first kappa shape index (κ1) is 12.3. The Morgan fingerprint density at radius 3 is 2.47 bits per heavy atom. The number of hydrogen-bond donors (Lipinski definition) is 1. The van der Waals surface area contributed by atoms with Crippen LogP contribution in [0.5, 0.6) is 0 Å². The topological polar surface area (TPSA) is 41.3 Å². The fraction of sp³-hybridized carbons (Fsp3) is 0.571. The zero-order chi connectivity index (χ0) is 11.8. The van der Waals surface area contributed by atoms with E-state index in [1.165, 1.54) is 14.1 Å². The van der Waals surface area contributed by atoms with Crippen molar-refractivity contribution in [2.24, 2.45) is 7.05 Å². The van der Waals surface area contributed by atoms with Crippen LogP contribution in [0.2, 0.25) is 5.15 Å². The lowest BCUT2D eigenvalue weighted by atomic mass is 10.2. The van der Waals surface area contributed by atoms with Crippen LogP contribution in [-0.4, -0.2) is 27.1 Å². The molecule has 0 aromatic carbocycles. The Morgan fingerprint density at radius 2 is 2.07 bits per heavy atom. The molecule has 1 aromatic heterocycles. The van der Waals surface area contributed by atoms with Crippen molar-refractivity contribution in [3.8, 4) is 0 Å². The molecule has 0 atom stereocenters. The zero-order valence-electron chi connectivity index (χ0n) is 8.01. The summed E-state index contributed by atoms with van der Waals surface area (Å²) < 4.78 is 38.3. The third-order valence-corrected chi connectivity index (χ3v) is 2.20. The van der Waals surface area contributed by atoms with E-state index < -0.39 is 11.9 Å². The van der Waals surface area contributed by atoms with Gasteiger partial charge < -0.3 is 5.21 Å². The van der Waals surface area contributed by atoms with Crippen LogP contribution in [0.1, 0.15) is 11.3 Å². The van der Waals surface area contributed by atoms with Gasteiger partial charge in [0, 0.05) is 19.7 Å². The Labute approximate surface area is 88.8 Å². The summed E-state index contributed by atoms with van der Waals surface area (Å²) in [5, 5.41) is 12.6. The number of aromatic nitrogens is 2. The largest absolute Gasteiger partial charge is 0.435 e. The minimum Gasteiger partial charge on any atom is -0.314 e. The molecule has 86 valence electrons. The molecule has 8 heteroatoms. The maximum Gasteiger partial charge on any atom is 0.435 e. The first-order valence-corrected chi connectivity index (χ1v) is 4.30. The van der Waals surface area contributed by atoms with Crippen molar-refractivity contribution < 1.29 is 18.4 Å². The molecule has 0 saturated heterocycles. The standard InChI is InChI=1S/C7H9ClF3N3O/c1-13(15)3-4-5(7(9,10)11)12-14(2)6(4)8/h15H,3H2,1-2H3. The van der Waals surface area contributed by atoms with Gasteiger partial charge in [0.25, 0.3) is 0 Å². The van der Waals surface area contributed by atoms with Crippen LogP contribution >= 0.6 is 11.6 Å². The molecule has 0 spiro atoms. The number of nitrogens with zero attached hydrogens (tertiary/aromatic N) is 3. The van der Waals surface area contributed by atoms with Gasteiger partial charge in [-0.1, -0.05) is 11.6 Å². The van der Waals surface area contributed by atoms with Crippen molar-refractivity contribution >= 4 is 11.6 Å². The third-order valence-electron chi connectivity index (χ3n) is 1.72. The fourth-order valence-electron chi connectivity index (χ4n) is 1.14. The second kappa shape index (κ2) is 3.99. The Balaban J connectivity index is 3.21. The van der Waals surface area contributed by atoms with Crippen LogP contribution in [0, 0.1) is 0 Å².